The topological polar surface area (TPSA) is 38.3 Å². The molecule has 0 saturated heterocycles. The highest BCUT2D eigenvalue weighted by molar-refractivity contribution is 8.00. The van der Waals surface area contributed by atoms with Crippen LogP contribution in [0.4, 0.5) is 10.1 Å². The van der Waals surface area contributed by atoms with Crippen LogP contribution in [0.1, 0.15) is 31.6 Å². The van der Waals surface area contributed by atoms with Crippen LogP contribution in [0, 0.1) is 5.82 Å². The van der Waals surface area contributed by atoms with Gasteiger partial charge in [-0.25, -0.2) is 4.39 Å². The van der Waals surface area contributed by atoms with Gasteiger partial charge in [0.25, 0.3) is 0 Å². The Labute approximate surface area is 146 Å². The molecular weight excluding hydrogens is 325 g/mol. The van der Waals surface area contributed by atoms with Gasteiger partial charge in [0.05, 0.1) is 11.9 Å². The minimum Gasteiger partial charge on any atom is -0.494 e. The van der Waals surface area contributed by atoms with E-state index in [4.69, 9.17) is 4.74 Å². The summed E-state index contributed by atoms with van der Waals surface area (Å²) >= 11 is 1.54. The van der Waals surface area contributed by atoms with E-state index in [1.165, 1.54) is 23.9 Å². The van der Waals surface area contributed by atoms with Crippen molar-refractivity contribution in [2.75, 3.05) is 11.9 Å². The van der Waals surface area contributed by atoms with E-state index < -0.39 is 0 Å². The third-order valence-corrected chi connectivity index (χ3v) is 4.85. The maximum Gasteiger partial charge on any atom is 0.237 e. The van der Waals surface area contributed by atoms with Crippen LogP contribution in [0.2, 0.25) is 0 Å². The molecule has 0 bridgehead atoms. The Balaban J connectivity index is 1.90. The minimum absolute atomic E-state index is 0.0573. The standard InChI is InChI=1S/C19H22FNO2S/c1-4-23-18-11-9-17(10-12-18)21-19(22)14(3)24-13(2)15-5-7-16(20)8-6-15/h5-14H,4H2,1-3H3,(H,21,22). The van der Waals surface area contributed by atoms with Gasteiger partial charge >= 0.3 is 0 Å². The Morgan fingerprint density at radius 3 is 2.33 bits per heavy atom. The van der Waals surface area contributed by atoms with Gasteiger partial charge < -0.3 is 10.1 Å². The molecule has 24 heavy (non-hydrogen) atoms. The van der Waals surface area contributed by atoms with Crippen molar-refractivity contribution in [3.63, 3.8) is 0 Å². The van der Waals surface area contributed by atoms with Crippen molar-refractivity contribution in [3.8, 4) is 5.75 Å². The average Bonchev–Trinajstić information content (AvgIpc) is 2.57. The van der Waals surface area contributed by atoms with Crippen molar-refractivity contribution in [3.05, 3.63) is 59.9 Å². The second-order valence-electron chi connectivity index (χ2n) is 5.42. The summed E-state index contributed by atoms with van der Waals surface area (Å²) < 4.78 is 18.4. The molecule has 128 valence electrons. The summed E-state index contributed by atoms with van der Waals surface area (Å²) in [6.07, 6.45) is 0. The molecule has 0 heterocycles. The molecule has 0 aliphatic carbocycles. The molecule has 1 amide bonds. The molecule has 0 aliphatic heterocycles. The number of anilines is 1. The van der Waals surface area contributed by atoms with Crippen LogP contribution in [0.15, 0.2) is 48.5 Å². The molecule has 2 aromatic carbocycles. The second-order valence-corrected chi connectivity index (χ2v) is 7.11. The smallest absolute Gasteiger partial charge is 0.237 e. The van der Waals surface area contributed by atoms with E-state index >= 15 is 0 Å². The van der Waals surface area contributed by atoms with Gasteiger partial charge in [-0.05, 0) is 62.7 Å². The third-order valence-electron chi connectivity index (χ3n) is 3.55. The fourth-order valence-electron chi connectivity index (χ4n) is 2.23. The molecule has 2 rings (SSSR count). The van der Waals surface area contributed by atoms with Gasteiger partial charge in [-0.2, -0.15) is 0 Å². The maximum absolute atomic E-state index is 13.0. The number of benzene rings is 2. The van der Waals surface area contributed by atoms with Crippen molar-refractivity contribution in [2.45, 2.75) is 31.3 Å². The van der Waals surface area contributed by atoms with E-state index in [0.717, 1.165) is 17.0 Å². The largest absolute Gasteiger partial charge is 0.494 e. The SMILES string of the molecule is CCOc1ccc(NC(=O)C(C)SC(C)c2ccc(F)cc2)cc1. The summed E-state index contributed by atoms with van der Waals surface area (Å²) in [5.74, 6) is 0.471. The Morgan fingerprint density at radius 1 is 1.12 bits per heavy atom. The first-order chi connectivity index (χ1) is 11.5. The zero-order chi connectivity index (χ0) is 17.5. The predicted octanol–water partition coefficient (Wildman–Crippen LogP) is 5.05. The lowest BCUT2D eigenvalue weighted by atomic mass is 10.2. The third kappa shape index (κ3) is 5.27. The molecule has 0 fully saturated rings. The number of hydrogen-bond acceptors (Lipinski definition) is 3. The van der Waals surface area contributed by atoms with Crippen molar-refractivity contribution >= 4 is 23.4 Å². The van der Waals surface area contributed by atoms with Gasteiger partial charge in [-0.15, -0.1) is 11.8 Å². The first kappa shape index (κ1) is 18.3. The van der Waals surface area contributed by atoms with Crippen LogP contribution in [-0.4, -0.2) is 17.8 Å². The van der Waals surface area contributed by atoms with Crippen LogP contribution >= 0.6 is 11.8 Å². The molecule has 1 N–H and O–H groups in total. The summed E-state index contributed by atoms with van der Waals surface area (Å²) in [7, 11) is 0. The summed E-state index contributed by atoms with van der Waals surface area (Å²) in [4.78, 5) is 12.3. The summed E-state index contributed by atoms with van der Waals surface area (Å²) in [5.41, 5.74) is 1.74. The van der Waals surface area contributed by atoms with Crippen LogP contribution in [0.3, 0.4) is 0 Å². The Hall–Kier alpha value is -2.01. The first-order valence-electron chi connectivity index (χ1n) is 7.94. The zero-order valence-electron chi connectivity index (χ0n) is 14.1. The molecule has 5 heteroatoms. The number of hydrogen-bond donors (Lipinski definition) is 1. The lowest BCUT2D eigenvalue weighted by molar-refractivity contribution is -0.115. The molecule has 0 spiro atoms. The molecule has 0 radical (unpaired) electrons. The van der Waals surface area contributed by atoms with Gasteiger partial charge in [0, 0.05) is 10.9 Å². The zero-order valence-corrected chi connectivity index (χ0v) is 14.9. The van der Waals surface area contributed by atoms with E-state index in [2.05, 4.69) is 5.32 Å². The van der Waals surface area contributed by atoms with Crippen LogP contribution < -0.4 is 10.1 Å². The van der Waals surface area contributed by atoms with E-state index in [0.29, 0.717) is 6.61 Å². The number of halogens is 1. The Morgan fingerprint density at radius 2 is 1.75 bits per heavy atom. The van der Waals surface area contributed by atoms with Crippen molar-refractivity contribution < 1.29 is 13.9 Å². The number of carbonyl (C=O) groups excluding carboxylic acids is 1. The second kappa shape index (κ2) is 8.73. The Kier molecular flexibility index (Phi) is 6.67. The highest BCUT2D eigenvalue weighted by atomic mass is 32.2. The van der Waals surface area contributed by atoms with Gasteiger partial charge in [0.15, 0.2) is 0 Å². The molecule has 0 aliphatic rings. The van der Waals surface area contributed by atoms with Gasteiger partial charge in [0.1, 0.15) is 11.6 Å². The average molecular weight is 347 g/mol. The number of amides is 1. The van der Waals surface area contributed by atoms with E-state index in [1.807, 2.05) is 45.0 Å². The maximum atomic E-state index is 13.0. The highest BCUT2D eigenvalue weighted by Gasteiger charge is 2.18. The fourth-order valence-corrected chi connectivity index (χ4v) is 3.33. The normalized spacial score (nSPS) is 13.2. The van der Waals surface area contributed by atoms with Crippen LogP contribution in [0.25, 0.3) is 0 Å². The summed E-state index contributed by atoms with van der Waals surface area (Å²) in [5, 5.41) is 2.78. The number of carbonyl (C=O) groups is 1. The summed E-state index contributed by atoms with van der Waals surface area (Å²) in [6, 6.07) is 13.7. The van der Waals surface area contributed by atoms with Gasteiger partial charge in [-0.1, -0.05) is 12.1 Å². The van der Waals surface area contributed by atoms with Gasteiger partial charge in [-0.3, -0.25) is 4.79 Å². The molecule has 2 unspecified atom stereocenters. The number of ether oxygens (including phenoxy) is 1. The van der Waals surface area contributed by atoms with E-state index in [9.17, 15) is 9.18 Å². The number of rotatable bonds is 7. The van der Waals surface area contributed by atoms with Crippen LogP contribution in [-0.2, 0) is 4.79 Å². The van der Waals surface area contributed by atoms with Crippen molar-refractivity contribution in [1.29, 1.82) is 0 Å². The van der Waals surface area contributed by atoms with E-state index in [-0.39, 0.29) is 22.2 Å². The van der Waals surface area contributed by atoms with E-state index in [1.54, 1.807) is 12.1 Å². The predicted molar refractivity (Wildman–Crippen MR) is 98.1 cm³/mol. The summed E-state index contributed by atoms with van der Waals surface area (Å²) in [6.45, 7) is 6.42. The molecule has 2 aromatic rings. The van der Waals surface area contributed by atoms with Crippen LogP contribution in [0.5, 0.6) is 5.75 Å². The first-order valence-corrected chi connectivity index (χ1v) is 8.88. The number of thioether (sulfide) groups is 1. The Bertz CT molecular complexity index is 658. The highest BCUT2D eigenvalue weighted by Crippen LogP contribution is 2.32. The molecule has 3 nitrogen and oxygen atoms in total. The molecular formula is C19H22FNO2S. The monoisotopic (exact) mass is 347 g/mol. The lowest BCUT2D eigenvalue weighted by Crippen LogP contribution is -2.23. The molecule has 0 saturated carbocycles. The minimum atomic E-state index is -0.253. The molecule has 2 atom stereocenters. The number of nitrogens with one attached hydrogen (secondary N) is 1. The fraction of sp³-hybridized carbons (Fsp3) is 0.316. The van der Waals surface area contributed by atoms with Gasteiger partial charge in [0.2, 0.25) is 5.91 Å². The molecule has 0 aromatic heterocycles. The van der Waals surface area contributed by atoms with Crippen molar-refractivity contribution in [2.24, 2.45) is 0 Å². The quantitative estimate of drug-likeness (QED) is 0.762. The lowest BCUT2D eigenvalue weighted by Gasteiger charge is -2.17. The van der Waals surface area contributed by atoms with Crippen molar-refractivity contribution in [1.82, 2.24) is 0 Å².